The second-order valence-corrected chi connectivity index (χ2v) is 7.86. The summed E-state index contributed by atoms with van der Waals surface area (Å²) in [5.41, 5.74) is 5.62. The zero-order valence-corrected chi connectivity index (χ0v) is 17.8. The van der Waals surface area contributed by atoms with Crippen LogP contribution < -0.4 is 15.2 Å². The molecule has 2 heterocycles. The maximum absolute atomic E-state index is 12.9. The van der Waals surface area contributed by atoms with Crippen LogP contribution in [0.1, 0.15) is 36.1 Å². The van der Waals surface area contributed by atoms with Crippen LogP contribution in [-0.4, -0.2) is 17.6 Å². The second-order valence-electron chi connectivity index (χ2n) is 7.86. The number of fused-ring (bicyclic) bond motifs is 1. The van der Waals surface area contributed by atoms with Crippen LogP contribution >= 0.6 is 0 Å². The minimum Gasteiger partial charge on any atom is -0.496 e. The molecule has 1 aromatic heterocycles. The van der Waals surface area contributed by atoms with Crippen molar-refractivity contribution in [2.45, 2.75) is 32.7 Å². The second kappa shape index (κ2) is 7.82. The van der Waals surface area contributed by atoms with Crippen molar-refractivity contribution in [1.82, 2.24) is 4.57 Å². The van der Waals surface area contributed by atoms with Crippen LogP contribution in [0.4, 0.5) is 5.69 Å². The van der Waals surface area contributed by atoms with E-state index in [4.69, 9.17) is 4.74 Å². The maximum Gasteiger partial charge on any atom is 0.253 e. The van der Waals surface area contributed by atoms with E-state index in [1.54, 1.807) is 18.7 Å². The molecule has 0 aliphatic carbocycles. The van der Waals surface area contributed by atoms with Crippen LogP contribution in [0.25, 0.3) is 11.1 Å². The number of aromatic nitrogens is 1. The molecule has 1 aliphatic rings. The molecule has 1 unspecified atom stereocenters. The van der Waals surface area contributed by atoms with E-state index in [0.717, 1.165) is 27.9 Å². The number of benzene rings is 2. The van der Waals surface area contributed by atoms with Gasteiger partial charge in [-0.25, -0.2) is 0 Å². The zero-order chi connectivity index (χ0) is 21.4. The third kappa shape index (κ3) is 3.41. The molecule has 0 bridgehead atoms. The quantitative estimate of drug-likeness (QED) is 0.650. The Morgan fingerprint density at radius 1 is 1.03 bits per heavy atom. The Labute approximate surface area is 176 Å². The number of carbonyl (C=O) groups excluding carboxylic acids is 1. The molecule has 0 saturated carbocycles. The average molecular weight is 402 g/mol. The molecule has 1 atom stereocenters. The lowest BCUT2D eigenvalue weighted by atomic mass is 9.93. The summed E-state index contributed by atoms with van der Waals surface area (Å²) in [6, 6.07) is 15.9. The van der Waals surface area contributed by atoms with Gasteiger partial charge in [0.2, 0.25) is 5.91 Å². The van der Waals surface area contributed by atoms with Crippen molar-refractivity contribution < 1.29 is 9.53 Å². The summed E-state index contributed by atoms with van der Waals surface area (Å²) < 4.78 is 7.31. The average Bonchev–Trinajstić information content (AvgIpc) is 2.76. The molecular formula is C25H26N2O3. The number of hydrogen-bond acceptors (Lipinski definition) is 3. The zero-order valence-electron chi connectivity index (χ0n) is 17.8. The van der Waals surface area contributed by atoms with Crippen LogP contribution in [0.15, 0.2) is 59.5 Å². The Hall–Kier alpha value is -3.34. The highest BCUT2D eigenvalue weighted by Crippen LogP contribution is 2.41. The number of rotatable bonds is 4. The van der Waals surface area contributed by atoms with Crippen LogP contribution in [-0.2, 0) is 18.3 Å². The Balaban J connectivity index is 1.85. The molecule has 30 heavy (non-hydrogen) atoms. The van der Waals surface area contributed by atoms with Gasteiger partial charge >= 0.3 is 0 Å². The highest BCUT2D eigenvalue weighted by Gasteiger charge is 2.30. The summed E-state index contributed by atoms with van der Waals surface area (Å²) in [7, 11) is 3.39. The molecular weight excluding hydrogens is 376 g/mol. The van der Waals surface area contributed by atoms with E-state index >= 15 is 0 Å². The van der Waals surface area contributed by atoms with Gasteiger partial charge < -0.3 is 14.2 Å². The standard InChI is InChI=1S/C25H26N2O3/c1-16-12-20(15-26(3)25(16)29)21-13-19-10-11-24(28)27(22(19)14-23(21)30-4)17(2)18-8-6-5-7-9-18/h5-9,12-15,17H,10-11H2,1-4H3. The minimum atomic E-state index is -0.0758. The largest absolute Gasteiger partial charge is 0.496 e. The van der Waals surface area contributed by atoms with Crippen molar-refractivity contribution in [3.05, 3.63) is 81.8 Å². The first-order valence-corrected chi connectivity index (χ1v) is 10.2. The summed E-state index contributed by atoms with van der Waals surface area (Å²) in [5.74, 6) is 0.804. The number of ether oxygens (including phenoxy) is 1. The number of nitrogens with zero attached hydrogens (tertiary/aromatic N) is 2. The predicted octanol–water partition coefficient (Wildman–Crippen LogP) is 4.41. The summed E-state index contributed by atoms with van der Waals surface area (Å²) in [6.45, 7) is 3.87. The van der Waals surface area contributed by atoms with Crippen LogP contribution in [0, 0.1) is 6.92 Å². The Bertz CT molecular complexity index is 1140. The van der Waals surface area contributed by atoms with Gasteiger partial charge in [-0.1, -0.05) is 30.3 Å². The first kappa shape index (κ1) is 20.0. The lowest BCUT2D eigenvalue weighted by Crippen LogP contribution is -2.37. The van der Waals surface area contributed by atoms with E-state index < -0.39 is 0 Å². The number of hydrogen-bond donors (Lipinski definition) is 0. The van der Waals surface area contributed by atoms with Gasteiger partial charge in [-0.3, -0.25) is 9.59 Å². The molecule has 0 saturated heterocycles. The fourth-order valence-corrected chi connectivity index (χ4v) is 4.26. The van der Waals surface area contributed by atoms with E-state index in [1.165, 1.54) is 0 Å². The normalized spacial score (nSPS) is 14.4. The highest BCUT2D eigenvalue weighted by molar-refractivity contribution is 5.98. The third-order valence-electron chi connectivity index (χ3n) is 5.88. The fraction of sp³-hybridized carbons (Fsp3) is 0.280. The molecule has 1 aliphatic heterocycles. The van der Waals surface area contributed by atoms with Crippen molar-refractivity contribution in [3.8, 4) is 16.9 Å². The maximum atomic E-state index is 12.9. The van der Waals surface area contributed by atoms with Crippen molar-refractivity contribution in [3.63, 3.8) is 0 Å². The number of pyridine rings is 1. The SMILES string of the molecule is COc1cc2c(cc1-c1cc(C)c(=O)n(C)c1)CCC(=O)N2C(C)c1ccccc1. The third-order valence-corrected chi connectivity index (χ3v) is 5.88. The van der Waals surface area contributed by atoms with Crippen LogP contribution in [0.3, 0.4) is 0 Å². The molecule has 0 spiro atoms. The van der Waals surface area contributed by atoms with E-state index in [2.05, 4.69) is 13.0 Å². The molecule has 4 rings (SSSR count). The van der Waals surface area contributed by atoms with Gasteiger partial charge in [0.25, 0.3) is 5.56 Å². The van der Waals surface area contributed by atoms with E-state index in [1.807, 2.05) is 60.5 Å². The van der Waals surface area contributed by atoms with Gasteiger partial charge in [0, 0.05) is 42.4 Å². The Morgan fingerprint density at radius 2 is 1.77 bits per heavy atom. The molecule has 1 amide bonds. The highest BCUT2D eigenvalue weighted by atomic mass is 16.5. The summed E-state index contributed by atoms with van der Waals surface area (Å²) in [4.78, 5) is 26.9. The smallest absolute Gasteiger partial charge is 0.253 e. The minimum absolute atomic E-state index is 0.0101. The van der Waals surface area contributed by atoms with E-state index in [9.17, 15) is 9.59 Å². The van der Waals surface area contributed by atoms with Gasteiger partial charge in [-0.15, -0.1) is 0 Å². The Kier molecular flexibility index (Phi) is 5.20. The summed E-state index contributed by atoms with van der Waals surface area (Å²) in [5, 5.41) is 0. The van der Waals surface area contributed by atoms with Crippen molar-refractivity contribution in [2.75, 3.05) is 12.0 Å². The number of aryl methyl sites for hydroxylation is 3. The van der Waals surface area contributed by atoms with Crippen molar-refractivity contribution in [1.29, 1.82) is 0 Å². The monoisotopic (exact) mass is 402 g/mol. The molecule has 154 valence electrons. The van der Waals surface area contributed by atoms with Crippen molar-refractivity contribution >= 4 is 11.6 Å². The number of methoxy groups -OCH3 is 1. The molecule has 5 nitrogen and oxygen atoms in total. The van der Waals surface area contributed by atoms with Gasteiger partial charge in [0.05, 0.1) is 18.8 Å². The predicted molar refractivity (Wildman–Crippen MR) is 119 cm³/mol. The van der Waals surface area contributed by atoms with Gasteiger partial charge in [-0.05, 0) is 43.5 Å². The molecule has 0 N–H and O–H groups in total. The first-order chi connectivity index (χ1) is 14.4. The van der Waals surface area contributed by atoms with Crippen molar-refractivity contribution in [2.24, 2.45) is 7.05 Å². The van der Waals surface area contributed by atoms with Gasteiger partial charge in [0.1, 0.15) is 5.75 Å². The first-order valence-electron chi connectivity index (χ1n) is 10.2. The lowest BCUT2D eigenvalue weighted by molar-refractivity contribution is -0.119. The number of amides is 1. The molecule has 5 heteroatoms. The lowest BCUT2D eigenvalue weighted by Gasteiger charge is -2.35. The Morgan fingerprint density at radius 3 is 2.43 bits per heavy atom. The van der Waals surface area contributed by atoms with E-state index in [0.29, 0.717) is 24.2 Å². The number of anilines is 1. The topological polar surface area (TPSA) is 51.5 Å². The molecule has 2 aromatic carbocycles. The van der Waals surface area contributed by atoms with Crippen LogP contribution in [0.2, 0.25) is 0 Å². The molecule has 3 aromatic rings. The summed E-state index contributed by atoms with van der Waals surface area (Å²) >= 11 is 0. The van der Waals surface area contributed by atoms with Gasteiger partial charge in [0.15, 0.2) is 0 Å². The number of carbonyl (C=O) groups is 1. The molecule has 0 fully saturated rings. The summed E-state index contributed by atoms with van der Waals surface area (Å²) in [6.07, 6.45) is 2.99. The van der Waals surface area contributed by atoms with E-state index in [-0.39, 0.29) is 17.5 Å². The van der Waals surface area contributed by atoms with Gasteiger partial charge in [-0.2, -0.15) is 0 Å². The fourth-order valence-electron chi connectivity index (χ4n) is 4.26. The molecule has 0 radical (unpaired) electrons. The van der Waals surface area contributed by atoms with Crippen LogP contribution in [0.5, 0.6) is 5.75 Å².